The molecule has 142 valence electrons. The van der Waals surface area contributed by atoms with Gasteiger partial charge in [-0.25, -0.2) is 0 Å². The zero-order valence-electron chi connectivity index (χ0n) is 15.2. The van der Waals surface area contributed by atoms with E-state index in [4.69, 9.17) is 0 Å². The average Bonchev–Trinajstić information content (AvgIpc) is 3.49. The topological polar surface area (TPSA) is 62.0 Å². The first-order valence-corrected chi connectivity index (χ1v) is 10.8. The van der Waals surface area contributed by atoms with Gasteiger partial charge >= 0.3 is 164 Å². The summed E-state index contributed by atoms with van der Waals surface area (Å²) in [5, 5.41) is 9.40. The molecule has 0 radical (unpaired) electrons. The molecule has 1 saturated heterocycles. The first kappa shape index (κ1) is 17.3. The van der Waals surface area contributed by atoms with Crippen molar-refractivity contribution in [3.8, 4) is 0 Å². The average molecular weight is 432 g/mol. The van der Waals surface area contributed by atoms with E-state index in [1.54, 1.807) is 16.9 Å². The predicted molar refractivity (Wildman–Crippen MR) is 103 cm³/mol. The molecule has 5 rings (SSSR count). The molecule has 5 nitrogen and oxygen atoms in total. The van der Waals surface area contributed by atoms with E-state index in [1.807, 2.05) is 6.92 Å². The molecular formula is C20H22AsFN2O3. The normalized spacial score (nSPS) is 23.4. The third kappa shape index (κ3) is 2.49. The number of fused-ring (bicyclic) bond motifs is 1. The van der Waals surface area contributed by atoms with Crippen LogP contribution in [0.4, 0.5) is 10.1 Å². The number of aryl methyl sites for hydroxylation is 1. The van der Waals surface area contributed by atoms with Crippen LogP contribution in [-0.2, 0) is 0 Å². The number of anilines is 1. The molecule has 3 heterocycles. The Balaban J connectivity index is 1.75. The fraction of sp³-hybridized carbons (Fsp3) is 0.500. The molecule has 27 heavy (non-hydrogen) atoms. The zero-order chi connectivity index (χ0) is 19.1. The number of pyridine rings is 2. The molecule has 3 fully saturated rings. The van der Waals surface area contributed by atoms with E-state index in [0.29, 0.717) is 21.3 Å². The van der Waals surface area contributed by atoms with Crippen LogP contribution in [0.1, 0.15) is 53.1 Å². The van der Waals surface area contributed by atoms with E-state index in [2.05, 4.69) is 4.90 Å². The van der Waals surface area contributed by atoms with E-state index >= 15 is 4.39 Å². The fourth-order valence-electron chi connectivity index (χ4n) is 4.74. The van der Waals surface area contributed by atoms with Crippen LogP contribution in [0, 0.1) is 18.2 Å². The molecule has 1 unspecified atom stereocenters. The third-order valence-electron chi connectivity index (χ3n) is 6.61. The van der Waals surface area contributed by atoms with Crippen LogP contribution < -0.4 is 10.5 Å². The first-order chi connectivity index (χ1) is 12.8. The molecular weight excluding hydrogens is 410 g/mol. The van der Waals surface area contributed by atoms with Gasteiger partial charge < -0.3 is 0 Å². The van der Waals surface area contributed by atoms with Crippen molar-refractivity contribution in [1.29, 1.82) is 0 Å². The number of nitrogens with zero attached hydrogens (tertiary/aromatic N) is 2. The summed E-state index contributed by atoms with van der Waals surface area (Å²) in [5.41, 5.74) is 2.32. The summed E-state index contributed by atoms with van der Waals surface area (Å²) >= 11 is 1.73. The number of rotatable bonds is 3. The van der Waals surface area contributed by atoms with Crippen molar-refractivity contribution in [2.24, 2.45) is 5.41 Å². The number of aromatic carboxylic acids is 1. The van der Waals surface area contributed by atoms with Crippen molar-refractivity contribution in [2.45, 2.75) is 43.2 Å². The van der Waals surface area contributed by atoms with Crippen molar-refractivity contribution < 1.29 is 14.3 Å². The molecule has 0 bridgehead atoms. The van der Waals surface area contributed by atoms with Gasteiger partial charge in [0.1, 0.15) is 0 Å². The van der Waals surface area contributed by atoms with Gasteiger partial charge in [0.2, 0.25) is 0 Å². The molecule has 1 aliphatic heterocycles. The molecule has 2 saturated carbocycles. The Morgan fingerprint density at radius 2 is 2.07 bits per heavy atom. The van der Waals surface area contributed by atoms with Crippen LogP contribution in [-0.4, -0.2) is 45.4 Å². The van der Waals surface area contributed by atoms with Gasteiger partial charge in [-0.05, 0) is 0 Å². The van der Waals surface area contributed by atoms with Gasteiger partial charge in [0.05, 0.1) is 0 Å². The van der Waals surface area contributed by atoms with E-state index in [9.17, 15) is 14.7 Å². The Morgan fingerprint density at radius 3 is 2.63 bits per heavy atom. The van der Waals surface area contributed by atoms with Gasteiger partial charge in [0, 0.05) is 0 Å². The molecule has 0 amide bonds. The monoisotopic (exact) mass is 432 g/mol. The molecule has 1 N–H and O–H groups in total. The number of aromatic nitrogens is 1. The van der Waals surface area contributed by atoms with E-state index in [0.717, 1.165) is 37.1 Å². The summed E-state index contributed by atoms with van der Waals surface area (Å²) in [6.07, 6.45) is 5.59. The van der Waals surface area contributed by atoms with Crippen molar-refractivity contribution in [3.05, 3.63) is 45.1 Å². The van der Waals surface area contributed by atoms with Gasteiger partial charge in [-0.1, -0.05) is 0 Å². The van der Waals surface area contributed by atoms with Crippen molar-refractivity contribution in [3.63, 3.8) is 0 Å². The number of hydrogen-bond donors (Lipinski definition) is 1. The Morgan fingerprint density at radius 1 is 1.37 bits per heavy atom. The number of carboxylic acid groups (broad SMARTS) is 1. The summed E-state index contributed by atoms with van der Waals surface area (Å²) in [5.74, 6) is -1.44. The van der Waals surface area contributed by atoms with Crippen LogP contribution in [0.15, 0.2) is 17.1 Å². The third-order valence-corrected chi connectivity index (χ3v) is 8.53. The molecule has 2 aromatic heterocycles. The summed E-state index contributed by atoms with van der Waals surface area (Å²) in [7, 11) is 0. The second-order valence-electron chi connectivity index (χ2n) is 8.42. The number of halogens is 1. The summed E-state index contributed by atoms with van der Waals surface area (Å²) in [6, 6.07) is 1.52. The molecule has 2 atom stereocenters. The van der Waals surface area contributed by atoms with Crippen molar-refractivity contribution in [1.82, 2.24) is 4.40 Å². The van der Waals surface area contributed by atoms with Crippen LogP contribution >= 0.6 is 0 Å². The molecule has 7 heteroatoms. The number of carboxylic acids is 1. The summed E-state index contributed by atoms with van der Waals surface area (Å²) in [6.45, 7) is 3.59. The zero-order valence-corrected chi connectivity index (χ0v) is 17.6. The number of hydrogen-bond acceptors (Lipinski definition) is 3. The summed E-state index contributed by atoms with van der Waals surface area (Å²) < 4.78 is 17.0. The Hall–Kier alpha value is -1.81. The quantitative estimate of drug-likeness (QED) is 0.757. The van der Waals surface area contributed by atoms with Crippen LogP contribution in [0.5, 0.6) is 0 Å². The van der Waals surface area contributed by atoms with Crippen molar-refractivity contribution >= 4 is 34.0 Å². The van der Waals surface area contributed by atoms with Gasteiger partial charge in [-0.2, -0.15) is 0 Å². The van der Waals surface area contributed by atoms with Crippen molar-refractivity contribution in [2.75, 3.05) is 18.0 Å². The second-order valence-corrected chi connectivity index (χ2v) is 10.1. The predicted octanol–water partition coefficient (Wildman–Crippen LogP) is 2.34. The Kier molecular flexibility index (Phi) is 3.59. The van der Waals surface area contributed by atoms with E-state index in [-0.39, 0.29) is 11.5 Å². The standard InChI is InChI=1S/C20H22AsFN2O3/c1-10-16-12(11-2-3-11)6-13(19(26)27)18(25)24(16)7-14(22)17(10)23-8-15(21)20(9-23)4-5-20/h6-7,11,15H,2-5,8-9,21H2,1H3,(H,26,27)/t15-/m0/s1. The van der Waals surface area contributed by atoms with Gasteiger partial charge in [0.15, 0.2) is 0 Å². The second kappa shape index (κ2) is 5.60. The van der Waals surface area contributed by atoms with Crippen LogP contribution in [0.25, 0.3) is 5.52 Å². The Bertz CT molecular complexity index is 1060. The van der Waals surface area contributed by atoms with Gasteiger partial charge in [-0.3, -0.25) is 0 Å². The SMILES string of the molecule is Cc1c(N2C[C@H]([AsH2])C3(CC3)C2)c(F)cn2c(=O)c(C(=O)O)cc(C3CC3)c12. The molecule has 0 aromatic carbocycles. The number of carbonyl (C=O) groups is 1. The van der Waals surface area contributed by atoms with E-state index < -0.39 is 17.3 Å². The maximum absolute atomic E-state index is 15.1. The maximum atomic E-state index is 15.1. The van der Waals surface area contributed by atoms with Crippen LogP contribution in [0.2, 0.25) is 4.71 Å². The molecule has 2 aliphatic carbocycles. The molecule has 1 spiro atoms. The molecule has 3 aliphatic rings. The van der Waals surface area contributed by atoms with Crippen LogP contribution in [0.3, 0.4) is 0 Å². The van der Waals surface area contributed by atoms with Gasteiger partial charge in [-0.15, -0.1) is 0 Å². The minimum absolute atomic E-state index is 0.256. The van der Waals surface area contributed by atoms with Gasteiger partial charge in [0.25, 0.3) is 0 Å². The minimum atomic E-state index is -1.26. The first-order valence-electron chi connectivity index (χ1n) is 9.44. The fourth-order valence-corrected chi connectivity index (χ4v) is 6.20. The Labute approximate surface area is 164 Å². The van der Waals surface area contributed by atoms with E-state index in [1.165, 1.54) is 29.5 Å². The molecule has 2 aromatic rings. The summed E-state index contributed by atoms with van der Waals surface area (Å²) in [4.78, 5) is 26.3.